The highest BCUT2D eigenvalue weighted by Gasteiger charge is 2.59. The van der Waals surface area contributed by atoms with Gasteiger partial charge in [-0.05, 0) is 80.2 Å². The summed E-state index contributed by atoms with van der Waals surface area (Å²) in [6.45, 7) is 14.3. The maximum absolute atomic E-state index is 11.8. The Kier molecular flexibility index (Phi) is 6.05. The third kappa shape index (κ3) is 3.88. The fourth-order valence-corrected chi connectivity index (χ4v) is 9.80. The second-order valence-electron chi connectivity index (χ2n) is 12.2. The van der Waals surface area contributed by atoms with Gasteiger partial charge in [-0.15, -0.1) is 0 Å². The maximum atomic E-state index is 11.8. The van der Waals surface area contributed by atoms with Crippen LogP contribution in [0.5, 0.6) is 0 Å². The number of hydrazine groups is 1. The van der Waals surface area contributed by atoms with Crippen molar-refractivity contribution in [3.63, 3.8) is 0 Å². The Hall–Kier alpha value is -1.44. The average Bonchev–Trinajstić information content (AvgIpc) is 3.39. The van der Waals surface area contributed by atoms with E-state index in [4.69, 9.17) is 9.72 Å². The van der Waals surface area contributed by atoms with Gasteiger partial charge in [-0.25, -0.2) is 9.99 Å². The van der Waals surface area contributed by atoms with Gasteiger partial charge in [0.15, 0.2) is 5.13 Å². The standard InChI is InChI=1S/C28H42N4O2S/c1-5-31-14-16-32(17-15-31)30-26-29-23-11-13-27(3)21-10-12-28(4)20(8-9-24(28)34-18(2)33)19(21)6-7-22(27)25(23)35-26/h7,19-21,24H,5-6,8-17H2,1-4H3,(H,29,30)/t19-,20-,21-,24-,27+,28-/m0/s1. The molecule has 3 fully saturated rings. The predicted octanol–water partition coefficient (Wildman–Crippen LogP) is 5.22. The second kappa shape index (κ2) is 8.84. The number of esters is 1. The maximum Gasteiger partial charge on any atom is 0.302 e. The monoisotopic (exact) mass is 498 g/mol. The number of hydrogen-bond donors (Lipinski definition) is 1. The lowest BCUT2D eigenvalue weighted by Gasteiger charge is -2.56. The van der Waals surface area contributed by atoms with Crippen LogP contribution in [0.25, 0.3) is 5.57 Å². The van der Waals surface area contributed by atoms with Crippen LogP contribution in [0.3, 0.4) is 0 Å². The van der Waals surface area contributed by atoms with Crippen LogP contribution in [0, 0.1) is 28.6 Å². The molecule has 0 unspecified atom stereocenters. The SMILES string of the molecule is CCN1CCN(Nc2nc3c(s2)C2=CC[C@H]4[C@@H]5CC[C@H](OC(C)=O)[C@@]5(C)CC[C@@H]4[C@@]2(C)CC3)CC1. The summed E-state index contributed by atoms with van der Waals surface area (Å²) in [6, 6.07) is 0. The summed E-state index contributed by atoms with van der Waals surface area (Å²) in [5, 5.41) is 3.42. The van der Waals surface area contributed by atoms with Gasteiger partial charge < -0.3 is 9.64 Å². The Morgan fingerprint density at radius 3 is 2.71 bits per heavy atom. The van der Waals surface area contributed by atoms with E-state index in [-0.39, 0.29) is 22.9 Å². The van der Waals surface area contributed by atoms with Crippen LogP contribution in [0.1, 0.15) is 76.8 Å². The number of allylic oxidation sites excluding steroid dienone is 2. The molecule has 7 heteroatoms. The fourth-order valence-electron chi connectivity index (χ4n) is 8.58. The van der Waals surface area contributed by atoms with Gasteiger partial charge in [0.1, 0.15) is 6.10 Å². The van der Waals surface area contributed by atoms with Crippen molar-refractivity contribution in [2.75, 3.05) is 38.1 Å². The topological polar surface area (TPSA) is 57.7 Å². The molecular weight excluding hydrogens is 456 g/mol. The Morgan fingerprint density at radius 1 is 1.17 bits per heavy atom. The van der Waals surface area contributed by atoms with Gasteiger partial charge in [0.2, 0.25) is 0 Å². The number of aromatic nitrogens is 1. The van der Waals surface area contributed by atoms with Gasteiger partial charge in [-0.1, -0.05) is 38.2 Å². The van der Waals surface area contributed by atoms with E-state index in [0.717, 1.165) is 56.6 Å². The molecule has 1 N–H and O–H groups in total. The van der Waals surface area contributed by atoms with E-state index in [1.165, 1.54) is 42.7 Å². The molecule has 5 aliphatic rings. The molecule has 4 aliphatic carbocycles. The second-order valence-corrected chi connectivity index (χ2v) is 13.2. The quantitative estimate of drug-likeness (QED) is 0.575. The number of rotatable bonds is 4. The van der Waals surface area contributed by atoms with E-state index in [9.17, 15) is 4.79 Å². The molecule has 1 aromatic heterocycles. The zero-order valence-corrected chi connectivity index (χ0v) is 22.8. The summed E-state index contributed by atoms with van der Waals surface area (Å²) in [5.41, 5.74) is 6.93. The Bertz CT molecular complexity index is 1010. The first kappa shape index (κ1) is 23.9. The molecule has 0 bridgehead atoms. The Morgan fingerprint density at radius 2 is 1.97 bits per heavy atom. The van der Waals surface area contributed by atoms with Crippen molar-refractivity contribution in [1.82, 2.24) is 14.9 Å². The van der Waals surface area contributed by atoms with Crippen LogP contribution >= 0.6 is 11.3 Å². The number of fused-ring (bicyclic) bond motifs is 7. The Labute approximate surface area is 214 Å². The van der Waals surface area contributed by atoms with Crippen LogP contribution in [0.15, 0.2) is 6.08 Å². The first-order valence-electron chi connectivity index (χ1n) is 13.9. The van der Waals surface area contributed by atoms with E-state index in [0.29, 0.717) is 11.8 Å². The average molecular weight is 499 g/mol. The molecular formula is C28H42N4O2S. The molecule has 0 spiro atoms. The minimum atomic E-state index is -0.113. The molecule has 0 amide bonds. The molecule has 6 rings (SSSR count). The van der Waals surface area contributed by atoms with Gasteiger partial charge in [0.25, 0.3) is 0 Å². The van der Waals surface area contributed by atoms with Crippen LogP contribution in [0.2, 0.25) is 0 Å². The summed E-state index contributed by atoms with van der Waals surface area (Å²) in [6.07, 6.45) is 10.9. The minimum Gasteiger partial charge on any atom is -0.462 e. The van der Waals surface area contributed by atoms with Crippen LogP contribution < -0.4 is 5.43 Å². The summed E-state index contributed by atoms with van der Waals surface area (Å²) in [5.74, 6) is 2.00. The number of carbonyl (C=O) groups is 1. The highest BCUT2D eigenvalue weighted by molar-refractivity contribution is 7.16. The number of ether oxygens (including phenoxy) is 1. The molecule has 1 aliphatic heterocycles. The highest BCUT2D eigenvalue weighted by atomic mass is 32.1. The van der Waals surface area contributed by atoms with E-state index < -0.39 is 0 Å². The molecule has 35 heavy (non-hydrogen) atoms. The summed E-state index contributed by atoms with van der Waals surface area (Å²) in [4.78, 5) is 20.8. The van der Waals surface area contributed by atoms with E-state index in [1.807, 2.05) is 11.3 Å². The molecule has 0 aromatic carbocycles. The molecule has 2 saturated carbocycles. The van der Waals surface area contributed by atoms with E-state index >= 15 is 0 Å². The van der Waals surface area contributed by atoms with Crippen molar-refractivity contribution in [2.45, 2.75) is 78.7 Å². The molecule has 192 valence electrons. The summed E-state index contributed by atoms with van der Waals surface area (Å²) in [7, 11) is 0. The normalized spacial score (nSPS) is 39.1. The number of nitrogens with one attached hydrogen (secondary N) is 1. The summed E-state index contributed by atoms with van der Waals surface area (Å²) < 4.78 is 5.84. The van der Waals surface area contributed by atoms with Crippen LogP contribution in [-0.4, -0.2) is 59.7 Å². The first-order valence-corrected chi connectivity index (χ1v) is 14.8. The lowest BCUT2D eigenvalue weighted by atomic mass is 9.48. The first-order chi connectivity index (χ1) is 16.8. The minimum absolute atomic E-state index is 0.108. The zero-order valence-electron chi connectivity index (χ0n) is 21.9. The molecule has 1 saturated heterocycles. The fraction of sp³-hybridized carbons (Fsp3) is 0.786. The van der Waals surface area contributed by atoms with Crippen molar-refractivity contribution in [3.8, 4) is 0 Å². The third-order valence-corrected chi connectivity index (χ3v) is 11.6. The van der Waals surface area contributed by atoms with E-state index in [1.54, 1.807) is 12.5 Å². The molecule has 6 nitrogen and oxygen atoms in total. The largest absolute Gasteiger partial charge is 0.462 e. The number of piperazine rings is 1. The number of thiazole rings is 1. The number of hydrogen-bond acceptors (Lipinski definition) is 7. The lowest BCUT2D eigenvalue weighted by molar-refractivity contribution is -0.156. The van der Waals surface area contributed by atoms with Crippen LogP contribution in [0.4, 0.5) is 5.13 Å². The molecule has 6 atom stereocenters. The highest BCUT2D eigenvalue weighted by Crippen LogP contribution is 2.66. The van der Waals surface area contributed by atoms with Gasteiger partial charge >= 0.3 is 5.97 Å². The zero-order chi connectivity index (χ0) is 24.4. The molecule has 0 radical (unpaired) electrons. The van der Waals surface area contributed by atoms with Gasteiger partial charge in [0, 0.05) is 38.5 Å². The predicted molar refractivity (Wildman–Crippen MR) is 141 cm³/mol. The lowest BCUT2D eigenvalue weighted by Crippen LogP contribution is -2.50. The van der Waals surface area contributed by atoms with E-state index in [2.05, 4.69) is 42.2 Å². The van der Waals surface area contributed by atoms with Crippen LogP contribution in [-0.2, 0) is 16.0 Å². The van der Waals surface area contributed by atoms with Crippen molar-refractivity contribution in [3.05, 3.63) is 16.6 Å². The van der Waals surface area contributed by atoms with Crippen molar-refractivity contribution in [2.24, 2.45) is 28.6 Å². The Balaban J connectivity index is 1.22. The van der Waals surface area contributed by atoms with Crippen molar-refractivity contribution < 1.29 is 9.53 Å². The van der Waals surface area contributed by atoms with Gasteiger partial charge in [-0.2, -0.15) is 0 Å². The number of aryl methyl sites for hydroxylation is 1. The number of likely N-dealkylation sites (N-methyl/N-ethyl adjacent to an activating group) is 1. The summed E-state index contributed by atoms with van der Waals surface area (Å²) >= 11 is 1.88. The number of anilines is 1. The molecule has 1 aromatic rings. The smallest absolute Gasteiger partial charge is 0.302 e. The van der Waals surface area contributed by atoms with Crippen molar-refractivity contribution >= 4 is 28.0 Å². The number of nitrogens with zero attached hydrogens (tertiary/aromatic N) is 3. The molecule has 2 heterocycles. The number of carbonyl (C=O) groups excluding carboxylic acids is 1. The third-order valence-electron chi connectivity index (χ3n) is 10.6. The van der Waals surface area contributed by atoms with Gasteiger partial charge in [0.05, 0.1) is 10.6 Å². The van der Waals surface area contributed by atoms with Crippen molar-refractivity contribution in [1.29, 1.82) is 0 Å². The van der Waals surface area contributed by atoms with Gasteiger partial charge in [-0.3, -0.25) is 10.2 Å².